The van der Waals surface area contributed by atoms with Crippen LogP contribution in [0.4, 0.5) is 14.9 Å². The number of nitrogens with one attached hydrogen (secondary N) is 2. The summed E-state index contributed by atoms with van der Waals surface area (Å²) in [6.07, 6.45) is -0.479. The number of aromatic nitrogens is 1. The third kappa shape index (κ3) is 5.43. The van der Waals surface area contributed by atoms with Crippen LogP contribution < -0.4 is 5.32 Å². The van der Waals surface area contributed by atoms with Crippen molar-refractivity contribution in [3.63, 3.8) is 0 Å². The van der Waals surface area contributed by atoms with Gasteiger partial charge in [0, 0.05) is 17.5 Å². The lowest BCUT2D eigenvalue weighted by Crippen LogP contribution is -2.32. The number of aromatic amines is 1. The fourth-order valence-corrected chi connectivity index (χ4v) is 3.56. The van der Waals surface area contributed by atoms with E-state index in [0.717, 1.165) is 11.1 Å². The van der Waals surface area contributed by atoms with Crippen molar-refractivity contribution in [2.75, 3.05) is 0 Å². The fraction of sp³-hybridized carbons (Fsp3) is 0.185. The number of halogens is 1. The van der Waals surface area contributed by atoms with Crippen LogP contribution in [0.1, 0.15) is 37.5 Å². The van der Waals surface area contributed by atoms with Gasteiger partial charge in [-0.15, -0.1) is 0 Å². The molecule has 34 heavy (non-hydrogen) atoms. The predicted octanol–water partition coefficient (Wildman–Crippen LogP) is 6.21. The summed E-state index contributed by atoms with van der Waals surface area (Å²) >= 11 is 0. The summed E-state index contributed by atoms with van der Waals surface area (Å²) in [4.78, 5) is 19.5. The third-order valence-electron chi connectivity index (χ3n) is 5.04. The average molecular weight is 460 g/mol. The number of amides is 1. The van der Waals surface area contributed by atoms with Crippen molar-refractivity contribution in [1.29, 1.82) is 0 Å². The highest BCUT2D eigenvalue weighted by Crippen LogP contribution is 2.32. The van der Waals surface area contributed by atoms with Crippen LogP contribution in [0.25, 0.3) is 10.9 Å². The van der Waals surface area contributed by atoms with Crippen molar-refractivity contribution in [2.24, 2.45) is 4.99 Å². The van der Waals surface area contributed by atoms with E-state index < -0.39 is 17.5 Å². The number of hydrogen-bond acceptors (Lipinski definition) is 4. The van der Waals surface area contributed by atoms with Gasteiger partial charge in [-0.2, -0.15) is 0 Å². The Morgan fingerprint density at radius 3 is 2.44 bits per heavy atom. The van der Waals surface area contributed by atoms with Gasteiger partial charge in [0.25, 0.3) is 0 Å². The lowest BCUT2D eigenvalue weighted by molar-refractivity contribution is 0.0523. The van der Waals surface area contributed by atoms with Gasteiger partial charge in [-0.3, -0.25) is 0 Å². The topological polar surface area (TPSA) is 86.7 Å². The number of aromatic hydroxyl groups is 1. The Morgan fingerprint density at radius 1 is 1.06 bits per heavy atom. The van der Waals surface area contributed by atoms with E-state index in [1.807, 2.05) is 75.4 Å². The quantitative estimate of drug-likeness (QED) is 0.310. The summed E-state index contributed by atoms with van der Waals surface area (Å²) < 4.78 is 19.0. The summed E-state index contributed by atoms with van der Waals surface area (Å²) in [5, 5.41) is 14.1. The number of rotatable bonds is 5. The first kappa shape index (κ1) is 23.0. The predicted molar refractivity (Wildman–Crippen MR) is 131 cm³/mol. The Hall–Kier alpha value is -4.13. The Morgan fingerprint density at radius 2 is 1.76 bits per heavy atom. The lowest BCUT2D eigenvalue weighted by atomic mass is 10.0. The van der Waals surface area contributed by atoms with E-state index in [4.69, 9.17) is 9.73 Å². The molecule has 3 aromatic carbocycles. The molecule has 0 atom stereocenters. The molecular formula is C27H26FN3O3. The number of hydrogen-bond donors (Lipinski definition) is 3. The van der Waals surface area contributed by atoms with Crippen LogP contribution in [0.3, 0.4) is 0 Å². The molecule has 4 aromatic rings. The maximum atomic E-state index is 13.7. The lowest BCUT2D eigenvalue weighted by Gasteiger charge is -2.19. The molecule has 7 heteroatoms. The highest BCUT2D eigenvalue weighted by atomic mass is 19.1. The molecule has 1 aromatic heterocycles. The van der Waals surface area contributed by atoms with Crippen LogP contribution in [-0.4, -0.2) is 27.5 Å². The van der Waals surface area contributed by atoms with Gasteiger partial charge in [-0.25, -0.2) is 14.2 Å². The van der Waals surface area contributed by atoms with Gasteiger partial charge in [0.15, 0.2) is 5.88 Å². The van der Waals surface area contributed by atoms with Crippen molar-refractivity contribution in [3.8, 4) is 5.88 Å². The summed E-state index contributed by atoms with van der Waals surface area (Å²) in [6, 6.07) is 21.2. The van der Waals surface area contributed by atoms with Crippen LogP contribution in [0.15, 0.2) is 77.8 Å². The second-order valence-electron chi connectivity index (χ2n) is 8.89. The molecule has 6 nitrogen and oxygen atoms in total. The minimum Gasteiger partial charge on any atom is -0.494 e. The molecule has 3 N–H and O–H groups in total. The zero-order chi connectivity index (χ0) is 24.3. The molecule has 0 radical (unpaired) electrons. The number of carbonyl (C=O) groups excluding carboxylic acids is 1. The standard InChI is InChI=1S/C27H26FN3O3/c1-27(2,3)34-26(33)29-16-17-9-12-20(13-10-17)30-24(18-7-5-4-6-8-18)23-21-14-11-19(28)15-22(21)31-25(23)32/h4-15,31-32H,16H2,1-3H3,(H,29,33). The number of aliphatic imine (C=N–C) groups is 1. The van der Waals surface area contributed by atoms with Crippen molar-refractivity contribution >= 4 is 28.4 Å². The van der Waals surface area contributed by atoms with Crippen molar-refractivity contribution in [3.05, 3.63) is 95.3 Å². The van der Waals surface area contributed by atoms with Crippen LogP contribution in [0.5, 0.6) is 5.88 Å². The number of ether oxygens (including phenoxy) is 1. The van der Waals surface area contributed by atoms with Gasteiger partial charge in [-0.05, 0) is 56.7 Å². The smallest absolute Gasteiger partial charge is 0.407 e. The number of carbonyl (C=O) groups is 1. The molecular weight excluding hydrogens is 433 g/mol. The number of benzene rings is 3. The third-order valence-corrected chi connectivity index (χ3v) is 5.04. The van der Waals surface area contributed by atoms with Crippen LogP contribution >= 0.6 is 0 Å². The van der Waals surface area contributed by atoms with Gasteiger partial charge in [0.1, 0.15) is 11.4 Å². The Balaban J connectivity index is 1.65. The molecule has 0 saturated heterocycles. The number of fused-ring (bicyclic) bond motifs is 1. The van der Waals surface area contributed by atoms with Crippen molar-refractivity contribution < 1.29 is 19.0 Å². The van der Waals surface area contributed by atoms with E-state index in [9.17, 15) is 14.3 Å². The molecule has 0 aliphatic rings. The minimum absolute atomic E-state index is 0.0821. The first-order valence-corrected chi connectivity index (χ1v) is 10.9. The average Bonchev–Trinajstić information content (AvgIpc) is 3.11. The largest absolute Gasteiger partial charge is 0.494 e. The van der Waals surface area contributed by atoms with Crippen molar-refractivity contribution in [1.82, 2.24) is 10.3 Å². The molecule has 0 aliphatic heterocycles. The van der Waals surface area contributed by atoms with Gasteiger partial charge in [-0.1, -0.05) is 42.5 Å². The highest BCUT2D eigenvalue weighted by Gasteiger charge is 2.19. The zero-order valence-electron chi connectivity index (χ0n) is 19.2. The molecule has 0 saturated carbocycles. The highest BCUT2D eigenvalue weighted by molar-refractivity contribution is 6.21. The van der Waals surface area contributed by atoms with Gasteiger partial charge in [0.2, 0.25) is 0 Å². The normalized spacial score (nSPS) is 12.1. The molecule has 0 unspecified atom stereocenters. The van der Waals surface area contributed by atoms with Gasteiger partial charge in [0.05, 0.1) is 22.5 Å². The van der Waals surface area contributed by atoms with Crippen LogP contribution in [0, 0.1) is 5.82 Å². The van der Waals surface area contributed by atoms with E-state index in [1.165, 1.54) is 12.1 Å². The minimum atomic E-state index is -0.559. The molecule has 0 bridgehead atoms. The first-order chi connectivity index (χ1) is 16.2. The SMILES string of the molecule is CC(C)(C)OC(=O)NCc1ccc(N=C(c2ccccc2)c2c(O)[nH]c3cc(F)ccc23)cc1. The molecule has 0 spiro atoms. The Labute approximate surface area is 197 Å². The molecule has 1 amide bonds. The van der Waals surface area contributed by atoms with E-state index in [2.05, 4.69) is 10.3 Å². The summed E-state index contributed by atoms with van der Waals surface area (Å²) in [7, 11) is 0. The number of alkyl carbamates (subject to hydrolysis) is 1. The van der Waals surface area contributed by atoms with Gasteiger partial charge < -0.3 is 20.1 Å². The molecule has 0 fully saturated rings. The van der Waals surface area contributed by atoms with E-state index >= 15 is 0 Å². The Kier molecular flexibility index (Phi) is 6.36. The zero-order valence-corrected chi connectivity index (χ0v) is 19.2. The molecule has 0 aliphatic carbocycles. The molecule has 1 heterocycles. The molecule has 4 rings (SSSR count). The van der Waals surface area contributed by atoms with E-state index in [0.29, 0.717) is 34.4 Å². The second-order valence-corrected chi connectivity index (χ2v) is 8.89. The number of H-pyrrole nitrogens is 1. The monoisotopic (exact) mass is 459 g/mol. The maximum absolute atomic E-state index is 13.7. The first-order valence-electron chi connectivity index (χ1n) is 10.9. The van der Waals surface area contributed by atoms with E-state index in [-0.39, 0.29) is 5.88 Å². The summed E-state index contributed by atoms with van der Waals surface area (Å²) in [6.45, 7) is 5.75. The maximum Gasteiger partial charge on any atom is 0.407 e. The molecule has 174 valence electrons. The summed E-state index contributed by atoms with van der Waals surface area (Å²) in [5.41, 5.74) is 3.33. The summed E-state index contributed by atoms with van der Waals surface area (Å²) in [5.74, 6) is -0.476. The number of nitrogens with zero attached hydrogens (tertiary/aromatic N) is 1. The van der Waals surface area contributed by atoms with Crippen molar-refractivity contribution in [2.45, 2.75) is 32.9 Å². The second kappa shape index (κ2) is 9.39. The van der Waals surface area contributed by atoms with Crippen LogP contribution in [0.2, 0.25) is 0 Å². The van der Waals surface area contributed by atoms with E-state index in [1.54, 1.807) is 6.07 Å². The van der Waals surface area contributed by atoms with Gasteiger partial charge >= 0.3 is 6.09 Å². The Bertz CT molecular complexity index is 1340. The van der Waals surface area contributed by atoms with Crippen LogP contribution in [-0.2, 0) is 11.3 Å². The fourth-order valence-electron chi connectivity index (χ4n) is 3.56.